The van der Waals surface area contributed by atoms with Crippen LogP contribution in [-0.2, 0) is 5.41 Å². The minimum atomic E-state index is -0.539. The molecule has 1 aliphatic rings. The van der Waals surface area contributed by atoms with Gasteiger partial charge in [0.1, 0.15) is 22.3 Å². The van der Waals surface area contributed by atoms with Gasteiger partial charge in [0.2, 0.25) is 0 Å². The molecule has 2 heterocycles. The average molecular weight is 792 g/mol. The van der Waals surface area contributed by atoms with Crippen molar-refractivity contribution in [1.82, 2.24) is 0 Å². The summed E-state index contributed by atoms with van der Waals surface area (Å²) < 4.78 is 13.2. The van der Waals surface area contributed by atoms with Crippen molar-refractivity contribution in [3.8, 4) is 22.3 Å². The van der Waals surface area contributed by atoms with Crippen molar-refractivity contribution in [2.24, 2.45) is 0 Å². The molecule has 62 heavy (non-hydrogen) atoms. The Morgan fingerprint density at radius 3 is 1.85 bits per heavy atom. The molecule has 0 N–H and O–H groups in total. The molecule has 0 atom stereocenters. The summed E-state index contributed by atoms with van der Waals surface area (Å²) in [6.07, 6.45) is 0. The molecule has 0 bridgehead atoms. The maximum absolute atomic E-state index is 6.67. The van der Waals surface area contributed by atoms with E-state index in [0.29, 0.717) is 0 Å². The van der Waals surface area contributed by atoms with Gasteiger partial charge in [0.25, 0.3) is 0 Å². The third-order valence-electron chi connectivity index (χ3n) is 13.1. The minimum Gasteiger partial charge on any atom is -0.456 e. The number of benzene rings is 10. The summed E-state index contributed by atoms with van der Waals surface area (Å²) in [6.45, 7) is 0. The van der Waals surface area contributed by atoms with Gasteiger partial charge >= 0.3 is 0 Å². The van der Waals surface area contributed by atoms with Crippen LogP contribution in [0.2, 0.25) is 0 Å². The van der Waals surface area contributed by atoms with E-state index in [4.69, 9.17) is 8.83 Å². The molecule has 0 amide bonds. The lowest BCUT2D eigenvalue weighted by Gasteiger charge is -2.34. The first-order valence-corrected chi connectivity index (χ1v) is 21.2. The van der Waals surface area contributed by atoms with Gasteiger partial charge in [-0.05, 0) is 92.9 Å². The Bertz CT molecular complexity index is 3670. The molecule has 0 saturated heterocycles. The fourth-order valence-electron chi connectivity index (χ4n) is 10.5. The van der Waals surface area contributed by atoms with Crippen LogP contribution in [0.1, 0.15) is 22.3 Å². The van der Waals surface area contributed by atoms with E-state index in [-0.39, 0.29) is 0 Å². The van der Waals surface area contributed by atoms with Crippen LogP contribution in [0, 0.1) is 0 Å². The van der Waals surface area contributed by atoms with Crippen molar-refractivity contribution in [2.75, 3.05) is 4.90 Å². The molecule has 1 aliphatic carbocycles. The highest BCUT2D eigenvalue weighted by Gasteiger charge is 2.47. The van der Waals surface area contributed by atoms with Gasteiger partial charge in [-0.15, -0.1) is 0 Å². The van der Waals surface area contributed by atoms with Gasteiger partial charge in [0, 0.05) is 49.9 Å². The van der Waals surface area contributed by atoms with Crippen LogP contribution < -0.4 is 4.90 Å². The van der Waals surface area contributed by atoms with E-state index in [2.05, 4.69) is 217 Å². The molecule has 0 unspecified atom stereocenters. The van der Waals surface area contributed by atoms with Gasteiger partial charge in [-0.3, -0.25) is 0 Å². The van der Waals surface area contributed by atoms with Gasteiger partial charge in [-0.1, -0.05) is 170 Å². The van der Waals surface area contributed by atoms with E-state index in [1.165, 1.54) is 38.8 Å². The lowest BCUT2D eigenvalue weighted by molar-refractivity contribution is 0.669. The largest absolute Gasteiger partial charge is 0.456 e. The molecule has 2 aromatic heterocycles. The zero-order valence-electron chi connectivity index (χ0n) is 33.6. The molecule has 290 valence electrons. The molecule has 3 nitrogen and oxygen atoms in total. The molecule has 3 heteroatoms. The lowest BCUT2D eigenvalue weighted by atomic mass is 9.68. The zero-order valence-corrected chi connectivity index (χ0v) is 33.6. The minimum absolute atomic E-state index is 0.539. The molecule has 12 aromatic rings. The number of hydrogen-bond donors (Lipinski definition) is 0. The number of rotatable bonds is 6. The summed E-state index contributed by atoms with van der Waals surface area (Å²) >= 11 is 0. The molecule has 0 spiro atoms. The van der Waals surface area contributed by atoms with Gasteiger partial charge < -0.3 is 13.7 Å². The number of hydrogen-bond acceptors (Lipinski definition) is 3. The number of furan rings is 2. The van der Waals surface area contributed by atoms with Gasteiger partial charge in [0.05, 0.1) is 11.1 Å². The molecule has 13 rings (SSSR count). The average Bonchev–Trinajstić information content (AvgIpc) is 4.01. The first kappa shape index (κ1) is 34.7. The summed E-state index contributed by atoms with van der Waals surface area (Å²) in [5.41, 5.74) is 15.8. The summed E-state index contributed by atoms with van der Waals surface area (Å²) in [4.78, 5) is 2.43. The topological polar surface area (TPSA) is 29.5 Å². The van der Waals surface area contributed by atoms with Crippen molar-refractivity contribution in [2.45, 2.75) is 5.41 Å². The lowest BCUT2D eigenvalue weighted by Crippen LogP contribution is -2.28. The van der Waals surface area contributed by atoms with E-state index in [1.807, 2.05) is 12.1 Å². The Balaban J connectivity index is 1.08. The second-order valence-electron chi connectivity index (χ2n) is 16.3. The monoisotopic (exact) mass is 791 g/mol. The molecular weight excluding hydrogens is 755 g/mol. The Hall–Kier alpha value is -8.14. The van der Waals surface area contributed by atoms with Crippen LogP contribution in [0.5, 0.6) is 0 Å². The molecular formula is C59H37NO2. The third kappa shape index (κ3) is 4.94. The van der Waals surface area contributed by atoms with Crippen LogP contribution in [-0.4, -0.2) is 0 Å². The number of anilines is 3. The quantitative estimate of drug-likeness (QED) is 0.168. The highest BCUT2D eigenvalue weighted by molar-refractivity contribution is 6.19. The van der Waals surface area contributed by atoms with Gasteiger partial charge in [-0.25, -0.2) is 0 Å². The van der Waals surface area contributed by atoms with Gasteiger partial charge in [0.15, 0.2) is 0 Å². The Labute approximate surface area is 358 Å². The molecule has 0 aliphatic heterocycles. The Morgan fingerprint density at radius 2 is 1.00 bits per heavy atom. The van der Waals surface area contributed by atoms with Crippen molar-refractivity contribution < 1.29 is 8.83 Å². The maximum atomic E-state index is 6.67. The van der Waals surface area contributed by atoms with E-state index < -0.39 is 5.41 Å². The fourth-order valence-corrected chi connectivity index (χ4v) is 10.5. The van der Waals surface area contributed by atoms with Crippen LogP contribution in [0.3, 0.4) is 0 Å². The first-order chi connectivity index (χ1) is 30.8. The number of fused-ring (bicyclic) bond motifs is 11. The van der Waals surface area contributed by atoms with Crippen molar-refractivity contribution >= 4 is 71.7 Å². The van der Waals surface area contributed by atoms with Crippen LogP contribution >= 0.6 is 0 Å². The summed E-state index contributed by atoms with van der Waals surface area (Å²) in [6, 6.07) is 81.1. The molecule has 0 fully saturated rings. The molecule has 10 aromatic carbocycles. The maximum Gasteiger partial charge on any atom is 0.143 e. The second-order valence-corrected chi connectivity index (χ2v) is 16.3. The van der Waals surface area contributed by atoms with E-state index in [9.17, 15) is 0 Å². The van der Waals surface area contributed by atoms with E-state index in [1.54, 1.807) is 0 Å². The Kier molecular flexibility index (Phi) is 7.52. The third-order valence-corrected chi connectivity index (χ3v) is 13.1. The zero-order chi connectivity index (χ0) is 40.8. The van der Waals surface area contributed by atoms with E-state index >= 15 is 0 Å². The van der Waals surface area contributed by atoms with Crippen molar-refractivity contribution in [3.63, 3.8) is 0 Å². The first-order valence-electron chi connectivity index (χ1n) is 21.2. The van der Waals surface area contributed by atoms with Crippen LogP contribution in [0.15, 0.2) is 233 Å². The summed E-state index contributed by atoms with van der Waals surface area (Å²) in [7, 11) is 0. The number of para-hydroxylation sites is 1. The van der Waals surface area contributed by atoms with Crippen molar-refractivity contribution in [1.29, 1.82) is 0 Å². The summed E-state index contributed by atoms with van der Waals surface area (Å²) in [5, 5.41) is 6.72. The van der Waals surface area contributed by atoms with E-state index in [0.717, 1.165) is 77.5 Å². The normalized spacial score (nSPS) is 13.0. The van der Waals surface area contributed by atoms with Crippen LogP contribution in [0.25, 0.3) is 76.9 Å². The fraction of sp³-hybridized carbons (Fsp3) is 0.0169. The van der Waals surface area contributed by atoms with Gasteiger partial charge in [-0.2, -0.15) is 0 Å². The predicted molar refractivity (Wildman–Crippen MR) is 256 cm³/mol. The van der Waals surface area contributed by atoms with Crippen LogP contribution in [0.4, 0.5) is 17.1 Å². The molecule has 0 saturated carbocycles. The number of nitrogens with zero attached hydrogens (tertiary/aromatic N) is 1. The molecule has 0 radical (unpaired) electrons. The Morgan fingerprint density at radius 1 is 0.371 bits per heavy atom. The van der Waals surface area contributed by atoms with Crippen molar-refractivity contribution in [3.05, 3.63) is 247 Å². The highest BCUT2D eigenvalue weighted by Crippen LogP contribution is 2.59. The SMILES string of the molecule is c1ccc(C2(c3ccccc3)c3ccccc3-c3c(N(c4cccc(-c5cccc6oc7c8ccccc8ccc7c56)c4)c4ccc5c(c4)oc4ccccc45)cccc32)cc1. The summed E-state index contributed by atoms with van der Waals surface area (Å²) in [5.74, 6) is 0. The predicted octanol–water partition coefficient (Wildman–Crippen LogP) is 16.1. The standard InChI is InChI=1S/C59H37NO2/c1-3-18-40(19-4-1)59(41-20-5-2-6-21-41)50-27-11-9-25-48(50)57-51(59)28-15-29-52(57)60(43-33-35-47-46-24-10-12-30-53(46)61-55(47)37-43)42-22-13-17-39(36-42)44-26-14-31-54-56(44)49-34-32-38-16-7-8-23-45(38)58(49)62-54/h1-37H. The highest BCUT2D eigenvalue weighted by atomic mass is 16.3. The smallest absolute Gasteiger partial charge is 0.143 e. The second kappa shape index (κ2) is 13.4.